The van der Waals surface area contributed by atoms with E-state index in [1.807, 2.05) is 0 Å². The van der Waals surface area contributed by atoms with Gasteiger partial charge in [-0.05, 0) is 6.42 Å². The van der Waals surface area contributed by atoms with Crippen LogP contribution in [-0.4, -0.2) is 43.6 Å². The van der Waals surface area contributed by atoms with Crippen molar-refractivity contribution in [2.24, 2.45) is 0 Å². The summed E-state index contributed by atoms with van der Waals surface area (Å²) in [5.74, 6) is -0.141. The molecule has 0 aromatic heterocycles. The van der Waals surface area contributed by atoms with Gasteiger partial charge in [-0.25, -0.2) is 0 Å². The third-order valence-electron chi connectivity index (χ3n) is 4.20. The number of nitrogens with one attached hydrogen (secondary N) is 1. The second kappa shape index (κ2) is 22.2. The summed E-state index contributed by atoms with van der Waals surface area (Å²) in [4.78, 5) is 11.0. The molecule has 0 rings (SSSR count). The molecule has 1 amide bonds. The maximum Gasteiger partial charge on any atom is 0.232 e. The zero-order valence-electron chi connectivity index (χ0n) is 15.4. The van der Waals surface area contributed by atoms with Crippen molar-refractivity contribution in [1.29, 1.82) is 5.26 Å². The second-order valence-corrected chi connectivity index (χ2v) is 6.36. The van der Waals surface area contributed by atoms with Gasteiger partial charge in [0.1, 0.15) is 0 Å². The number of nitriles is 1. The van der Waals surface area contributed by atoms with Crippen molar-refractivity contribution in [2.45, 2.75) is 110 Å². The molecule has 0 heterocycles. The van der Waals surface area contributed by atoms with Crippen molar-refractivity contribution >= 4 is 43.6 Å². The Kier molecular flexibility index (Phi) is 24.6. The molecule has 0 aliphatic carbocycles. The molecule has 0 aromatic carbocycles. The smallest absolute Gasteiger partial charge is 0.232 e. The van der Waals surface area contributed by atoms with Crippen molar-refractivity contribution in [3.8, 4) is 6.19 Å². The molecule has 130 valence electrons. The van der Waals surface area contributed by atoms with Gasteiger partial charge in [0.25, 0.3) is 0 Å². The van der Waals surface area contributed by atoms with Crippen molar-refractivity contribution in [3.63, 3.8) is 0 Å². The number of hydrogen-bond acceptors (Lipinski definition) is 2. The summed E-state index contributed by atoms with van der Waals surface area (Å²) in [6.45, 7) is 2.27. The van der Waals surface area contributed by atoms with E-state index >= 15 is 0 Å². The van der Waals surface area contributed by atoms with Crippen LogP contribution in [0.4, 0.5) is 0 Å². The van der Waals surface area contributed by atoms with E-state index in [9.17, 15) is 4.79 Å². The van der Waals surface area contributed by atoms with Crippen LogP contribution in [0.1, 0.15) is 110 Å². The molecule has 0 fully saturated rings. The molecule has 0 atom stereocenters. The fourth-order valence-electron chi connectivity index (χ4n) is 2.78. The van der Waals surface area contributed by atoms with E-state index in [2.05, 4.69) is 12.2 Å². The van der Waals surface area contributed by atoms with Gasteiger partial charge in [0, 0.05) is 44.2 Å². The third kappa shape index (κ3) is 22.2. The molecule has 3 nitrogen and oxygen atoms in total. The Morgan fingerprint density at radius 3 is 1.43 bits per heavy atom. The van der Waals surface area contributed by atoms with Crippen LogP contribution in [0.2, 0.25) is 0 Å². The van der Waals surface area contributed by atoms with Gasteiger partial charge in [-0.1, -0.05) is 96.8 Å². The van der Waals surface area contributed by atoms with Crippen LogP contribution in [0.3, 0.4) is 0 Å². The summed E-state index contributed by atoms with van der Waals surface area (Å²) in [7, 11) is 0. The van der Waals surface area contributed by atoms with Crippen LogP contribution in [0.25, 0.3) is 0 Å². The van der Waals surface area contributed by atoms with Crippen LogP contribution >= 0.6 is 0 Å². The molecule has 0 spiro atoms. The van der Waals surface area contributed by atoms with E-state index in [0.717, 1.165) is 12.8 Å². The molecular formula is C19H36CaN2O. The molecule has 0 bridgehead atoms. The zero-order chi connectivity index (χ0) is 16.3. The summed E-state index contributed by atoms with van der Waals surface area (Å²) in [5, 5.41) is 10.4. The van der Waals surface area contributed by atoms with Crippen molar-refractivity contribution in [2.75, 3.05) is 0 Å². The van der Waals surface area contributed by atoms with Crippen LogP contribution in [0, 0.1) is 11.5 Å². The molecule has 0 aliphatic rings. The molecule has 1 N–H and O–H groups in total. The Hall–Kier alpha value is 0.220. The van der Waals surface area contributed by atoms with Gasteiger partial charge >= 0.3 is 0 Å². The number of carbonyl (C=O) groups is 1. The fraction of sp³-hybridized carbons (Fsp3) is 0.895. The minimum atomic E-state index is -0.141. The molecule has 0 aromatic rings. The maximum absolute atomic E-state index is 11.0. The SMILES string of the molecule is CCCCCCCCCCCCCCCCCC(=O)NC#N.[Ca]. The van der Waals surface area contributed by atoms with Gasteiger partial charge in [0.05, 0.1) is 0 Å². The second-order valence-electron chi connectivity index (χ2n) is 6.36. The van der Waals surface area contributed by atoms with Gasteiger partial charge in [-0.3, -0.25) is 10.1 Å². The standard InChI is InChI=1S/C19H36N2O.Ca/c1-2-3-4-5-6-7-8-9-10-11-12-13-14-15-16-17-19(22)21-18-20;/h2-17H2,1H3,(H,21,22);. The summed E-state index contributed by atoms with van der Waals surface area (Å²) in [6, 6.07) is 0. The van der Waals surface area contributed by atoms with Crippen molar-refractivity contribution < 1.29 is 4.79 Å². The predicted octanol–water partition coefficient (Wildman–Crippen LogP) is 5.46. The Bertz CT molecular complexity index is 290. The fourth-order valence-corrected chi connectivity index (χ4v) is 2.78. The minimum absolute atomic E-state index is 0. The monoisotopic (exact) mass is 348 g/mol. The Morgan fingerprint density at radius 1 is 0.739 bits per heavy atom. The van der Waals surface area contributed by atoms with Gasteiger partial charge in [-0.2, -0.15) is 5.26 Å². The van der Waals surface area contributed by atoms with E-state index < -0.39 is 0 Å². The number of carbonyl (C=O) groups excluding carboxylic acids is 1. The maximum atomic E-state index is 11.0. The normalized spacial score (nSPS) is 9.91. The van der Waals surface area contributed by atoms with Crippen molar-refractivity contribution in [1.82, 2.24) is 5.32 Å². The Labute approximate surface area is 174 Å². The van der Waals surface area contributed by atoms with Gasteiger partial charge in [0.15, 0.2) is 6.19 Å². The predicted molar refractivity (Wildman–Crippen MR) is 99.1 cm³/mol. The first kappa shape index (κ1) is 25.5. The van der Waals surface area contributed by atoms with Crippen LogP contribution in [-0.2, 0) is 4.79 Å². The summed E-state index contributed by atoms with van der Waals surface area (Å²) in [5.41, 5.74) is 0. The number of amides is 1. The average molecular weight is 349 g/mol. The van der Waals surface area contributed by atoms with Crippen LogP contribution < -0.4 is 5.32 Å². The molecule has 0 aliphatic heterocycles. The molecule has 4 heteroatoms. The largest absolute Gasteiger partial charge is 0.274 e. The topological polar surface area (TPSA) is 52.9 Å². The number of hydrogen-bond donors (Lipinski definition) is 1. The zero-order valence-corrected chi connectivity index (χ0v) is 17.6. The van der Waals surface area contributed by atoms with E-state index in [-0.39, 0.29) is 43.6 Å². The van der Waals surface area contributed by atoms with E-state index in [0.29, 0.717) is 6.42 Å². The number of nitrogens with zero attached hydrogens (tertiary/aromatic N) is 1. The average Bonchev–Trinajstić information content (AvgIpc) is 2.51. The summed E-state index contributed by atoms with van der Waals surface area (Å²) >= 11 is 0. The van der Waals surface area contributed by atoms with Gasteiger partial charge < -0.3 is 0 Å². The first-order valence-electron chi connectivity index (χ1n) is 9.49. The van der Waals surface area contributed by atoms with Crippen LogP contribution in [0.15, 0.2) is 0 Å². The Balaban J connectivity index is 0. The molecule has 0 saturated carbocycles. The Morgan fingerprint density at radius 2 is 1.09 bits per heavy atom. The molecule has 23 heavy (non-hydrogen) atoms. The molecule has 2 radical (unpaired) electrons. The summed E-state index contributed by atoms with van der Waals surface area (Å²) in [6.07, 6.45) is 22.1. The van der Waals surface area contributed by atoms with Gasteiger partial charge in [0.2, 0.25) is 5.91 Å². The summed E-state index contributed by atoms with van der Waals surface area (Å²) < 4.78 is 0. The van der Waals surface area contributed by atoms with Gasteiger partial charge in [-0.15, -0.1) is 0 Å². The van der Waals surface area contributed by atoms with Crippen molar-refractivity contribution in [3.05, 3.63) is 0 Å². The third-order valence-corrected chi connectivity index (χ3v) is 4.20. The van der Waals surface area contributed by atoms with E-state index in [1.165, 1.54) is 83.5 Å². The van der Waals surface area contributed by atoms with Crippen LogP contribution in [0.5, 0.6) is 0 Å². The number of rotatable bonds is 16. The molecule has 0 saturated heterocycles. The minimum Gasteiger partial charge on any atom is -0.274 e. The molecular weight excluding hydrogens is 312 g/mol. The first-order chi connectivity index (χ1) is 10.8. The first-order valence-corrected chi connectivity index (χ1v) is 9.49. The number of unbranched alkanes of at least 4 members (excludes halogenated alkanes) is 14. The van der Waals surface area contributed by atoms with E-state index in [1.54, 1.807) is 6.19 Å². The quantitative estimate of drug-likeness (QED) is 0.174. The van der Waals surface area contributed by atoms with E-state index in [4.69, 9.17) is 5.26 Å². The molecule has 0 unspecified atom stereocenters.